The number of hydrazone groups is 1. The minimum atomic E-state index is -0.0413. The quantitative estimate of drug-likeness (QED) is 0.767. The molecule has 2 aliphatic heterocycles. The highest BCUT2D eigenvalue weighted by Crippen LogP contribution is 2.25. The summed E-state index contributed by atoms with van der Waals surface area (Å²) in [6.07, 6.45) is 5.67. The molecular formula is C16H18BrN3O. The second-order valence-corrected chi connectivity index (χ2v) is 6.33. The average molecular weight is 348 g/mol. The Morgan fingerprint density at radius 3 is 2.48 bits per heavy atom. The fourth-order valence-corrected chi connectivity index (χ4v) is 2.92. The van der Waals surface area contributed by atoms with Crippen molar-refractivity contribution in [3.05, 3.63) is 40.5 Å². The second kappa shape index (κ2) is 6.02. The molecule has 0 unspecified atom stereocenters. The van der Waals surface area contributed by atoms with Gasteiger partial charge in [-0.2, -0.15) is 10.1 Å². The number of carbonyl (C=O) groups excluding carboxylic acids is 1. The Morgan fingerprint density at radius 2 is 1.81 bits per heavy atom. The van der Waals surface area contributed by atoms with Gasteiger partial charge in [0, 0.05) is 23.8 Å². The van der Waals surface area contributed by atoms with Gasteiger partial charge in [0.05, 0.1) is 17.0 Å². The van der Waals surface area contributed by atoms with Crippen LogP contribution in [0.5, 0.6) is 0 Å². The summed E-state index contributed by atoms with van der Waals surface area (Å²) in [7, 11) is 0. The highest BCUT2D eigenvalue weighted by Gasteiger charge is 2.29. The molecule has 1 amide bonds. The minimum absolute atomic E-state index is 0.0413. The van der Waals surface area contributed by atoms with E-state index in [1.807, 2.05) is 37.4 Å². The summed E-state index contributed by atoms with van der Waals surface area (Å²) < 4.78 is 0.989. The van der Waals surface area contributed by atoms with E-state index in [4.69, 9.17) is 0 Å². The van der Waals surface area contributed by atoms with Gasteiger partial charge in [-0.3, -0.25) is 4.79 Å². The van der Waals surface area contributed by atoms with Crippen molar-refractivity contribution in [1.82, 2.24) is 4.90 Å². The molecule has 1 saturated heterocycles. The SMILES string of the molecule is CC1=NN(c2ccc(Br)cc2)C(=O)/C1=C/N1CCCCC1. The first-order chi connectivity index (χ1) is 10.1. The first kappa shape index (κ1) is 14.3. The van der Waals surface area contributed by atoms with Crippen molar-refractivity contribution in [1.29, 1.82) is 0 Å². The number of rotatable bonds is 2. The van der Waals surface area contributed by atoms with Gasteiger partial charge in [-0.25, -0.2) is 0 Å². The van der Waals surface area contributed by atoms with Crippen molar-refractivity contribution < 1.29 is 4.79 Å². The molecule has 1 aromatic rings. The number of amides is 1. The summed E-state index contributed by atoms with van der Waals surface area (Å²) in [5.74, 6) is -0.0413. The van der Waals surface area contributed by atoms with Crippen LogP contribution in [0.3, 0.4) is 0 Å². The molecule has 2 aliphatic rings. The number of benzene rings is 1. The maximum Gasteiger partial charge on any atom is 0.282 e. The Hall–Kier alpha value is -1.62. The van der Waals surface area contributed by atoms with Gasteiger partial charge in [0.2, 0.25) is 0 Å². The normalized spacial score (nSPS) is 21.1. The van der Waals surface area contributed by atoms with Crippen LogP contribution in [-0.2, 0) is 4.79 Å². The van der Waals surface area contributed by atoms with E-state index in [0.717, 1.165) is 29.0 Å². The van der Waals surface area contributed by atoms with Crippen LogP contribution < -0.4 is 5.01 Å². The van der Waals surface area contributed by atoms with Gasteiger partial charge >= 0.3 is 0 Å². The minimum Gasteiger partial charge on any atom is -0.377 e. The molecule has 3 rings (SSSR count). The van der Waals surface area contributed by atoms with Gasteiger partial charge in [0.15, 0.2) is 0 Å². The van der Waals surface area contributed by atoms with Crippen LogP contribution in [0.2, 0.25) is 0 Å². The average Bonchev–Trinajstić information content (AvgIpc) is 2.77. The maximum atomic E-state index is 12.6. The third-order valence-electron chi connectivity index (χ3n) is 3.84. The number of hydrogen-bond acceptors (Lipinski definition) is 3. The van der Waals surface area contributed by atoms with E-state index in [2.05, 4.69) is 25.9 Å². The number of carbonyl (C=O) groups is 1. The van der Waals surface area contributed by atoms with Crippen LogP contribution in [0.1, 0.15) is 26.2 Å². The first-order valence-electron chi connectivity index (χ1n) is 7.26. The molecule has 4 nitrogen and oxygen atoms in total. The van der Waals surface area contributed by atoms with Gasteiger partial charge in [-0.1, -0.05) is 15.9 Å². The molecule has 0 bridgehead atoms. The molecular weight excluding hydrogens is 330 g/mol. The third-order valence-corrected chi connectivity index (χ3v) is 4.36. The van der Waals surface area contributed by atoms with Crippen molar-refractivity contribution in [2.45, 2.75) is 26.2 Å². The summed E-state index contributed by atoms with van der Waals surface area (Å²) in [4.78, 5) is 14.8. The van der Waals surface area contributed by atoms with Gasteiger partial charge in [-0.05, 0) is 50.5 Å². The van der Waals surface area contributed by atoms with Crippen LogP contribution >= 0.6 is 15.9 Å². The Kier molecular flexibility index (Phi) is 4.10. The standard InChI is InChI=1S/C16H18BrN3O/c1-12-15(11-19-9-3-2-4-10-19)16(21)20(18-12)14-7-5-13(17)6-8-14/h5-8,11H,2-4,9-10H2,1H3/b15-11+. The summed E-state index contributed by atoms with van der Waals surface area (Å²) in [6.45, 7) is 3.96. The lowest BCUT2D eigenvalue weighted by Crippen LogP contribution is -2.27. The Labute approximate surface area is 133 Å². The van der Waals surface area contributed by atoms with Crippen molar-refractivity contribution in [3.63, 3.8) is 0 Å². The smallest absolute Gasteiger partial charge is 0.282 e. The molecule has 0 aromatic heterocycles. The Balaban J connectivity index is 1.83. The van der Waals surface area contributed by atoms with E-state index in [-0.39, 0.29) is 5.91 Å². The molecule has 1 aromatic carbocycles. The molecule has 0 aliphatic carbocycles. The molecule has 110 valence electrons. The molecule has 0 N–H and O–H groups in total. The molecule has 5 heteroatoms. The van der Waals surface area contributed by atoms with Gasteiger partial charge < -0.3 is 4.90 Å². The van der Waals surface area contributed by atoms with Gasteiger partial charge in [-0.15, -0.1) is 0 Å². The number of halogens is 1. The van der Waals surface area contributed by atoms with E-state index in [0.29, 0.717) is 5.57 Å². The largest absolute Gasteiger partial charge is 0.377 e. The van der Waals surface area contributed by atoms with E-state index < -0.39 is 0 Å². The molecule has 0 spiro atoms. The van der Waals surface area contributed by atoms with Crippen LogP contribution in [0.25, 0.3) is 0 Å². The summed E-state index contributed by atoms with van der Waals surface area (Å²) in [6, 6.07) is 7.62. The Morgan fingerprint density at radius 1 is 1.14 bits per heavy atom. The van der Waals surface area contributed by atoms with E-state index >= 15 is 0 Å². The molecule has 21 heavy (non-hydrogen) atoms. The van der Waals surface area contributed by atoms with Crippen molar-refractivity contribution in [3.8, 4) is 0 Å². The number of piperidine rings is 1. The summed E-state index contributed by atoms with van der Waals surface area (Å²) in [5, 5.41) is 5.89. The zero-order valence-electron chi connectivity index (χ0n) is 12.1. The first-order valence-corrected chi connectivity index (χ1v) is 8.06. The molecule has 0 saturated carbocycles. The maximum absolute atomic E-state index is 12.6. The van der Waals surface area contributed by atoms with Crippen molar-refractivity contribution >= 4 is 33.2 Å². The number of likely N-dealkylation sites (tertiary alicyclic amines) is 1. The lowest BCUT2D eigenvalue weighted by molar-refractivity contribution is -0.114. The van der Waals surface area contributed by atoms with E-state index in [1.54, 1.807) is 0 Å². The van der Waals surface area contributed by atoms with Crippen molar-refractivity contribution in [2.24, 2.45) is 5.10 Å². The molecule has 0 radical (unpaired) electrons. The zero-order chi connectivity index (χ0) is 14.8. The summed E-state index contributed by atoms with van der Waals surface area (Å²) in [5.41, 5.74) is 2.29. The van der Waals surface area contributed by atoms with Gasteiger partial charge in [0.1, 0.15) is 0 Å². The predicted molar refractivity (Wildman–Crippen MR) is 88.2 cm³/mol. The van der Waals surface area contributed by atoms with Crippen LogP contribution in [0.15, 0.2) is 45.6 Å². The fraction of sp³-hybridized carbons (Fsp3) is 0.375. The van der Waals surface area contributed by atoms with Gasteiger partial charge in [0.25, 0.3) is 5.91 Å². The van der Waals surface area contributed by atoms with Crippen LogP contribution in [0, 0.1) is 0 Å². The zero-order valence-corrected chi connectivity index (χ0v) is 13.6. The molecule has 2 heterocycles. The lowest BCUT2D eigenvalue weighted by atomic mass is 10.1. The number of anilines is 1. The number of hydrogen-bond donors (Lipinski definition) is 0. The van der Waals surface area contributed by atoms with Crippen molar-refractivity contribution in [2.75, 3.05) is 18.1 Å². The molecule has 1 fully saturated rings. The third kappa shape index (κ3) is 3.02. The highest BCUT2D eigenvalue weighted by atomic mass is 79.9. The summed E-state index contributed by atoms with van der Waals surface area (Å²) >= 11 is 3.40. The van der Waals surface area contributed by atoms with E-state index in [9.17, 15) is 4.79 Å². The lowest BCUT2D eigenvalue weighted by Gasteiger charge is -2.25. The highest BCUT2D eigenvalue weighted by molar-refractivity contribution is 9.10. The molecule has 0 atom stereocenters. The van der Waals surface area contributed by atoms with Crippen LogP contribution in [-0.4, -0.2) is 29.6 Å². The fourth-order valence-electron chi connectivity index (χ4n) is 2.65. The van der Waals surface area contributed by atoms with Crippen LogP contribution in [0.4, 0.5) is 5.69 Å². The van der Waals surface area contributed by atoms with E-state index in [1.165, 1.54) is 24.3 Å². The predicted octanol–water partition coefficient (Wildman–Crippen LogP) is 3.54. The Bertz CT molecular complexity index is 600. The number of nitrogens with zero attached hydrogens (tertiary/aromatic N) is 3. The topological polar surface area (TPSA) is 35.9 Å². The second-order valence-electron chi connectivity index (χ2n) is 5.42. The monoisotopic (exact) mass is 347 g/mol.